The van der Waals surface area contributed by atoms with E-state index >= 15 is 0 Å². The van der Waals surface area contributed by atoms with Crippen molar-refractivity contribution in [2.24, 2.45) is 0 Å². The first kappa shape index (κ1) is 15.9. The molecule has 1 aliphatic carbocycles. The summed E-state index contributed by atoms with van der Waals surface area (Å²) in [6, 6.07) is 4.04. The van der Waals surface area contributed by atoms with Gasteiger partial charge in [-0.3, -0.25) is 10.1 Å². The van der Waals surface area contributed by atoms with Crippen LogP contribution in [0.15, 0.2) is 22.8 Å². The van der Waals surface area contributed by atoms with Gasteiger partial charge >= 0.3 is 5.69 Å². The van der Waals surface area contributed by atoms with Crippen molar-refractivity contribution in [3.8, 4) is 11.5 Å². The van der Waals surface area contributed by atoms with Crippen molar-refractivity contribution in [1.29, 1.82) is 0 Å². The molecule has 1 saturated carbocycles. The minimum atomic E-state index is -0.483. The molecule has 0 unspecified atom stereocenters. The Bertz CT molecular complexity index is 843. The molecule has 2 N–H and O–H groups in total. The number of nitrogens with zero attached hydrogens (tertiary/aromatic N) is 3. The highest BCUT2D eigenvalue weighted by atomic mass is 79.9. The summed E-state index contributed by atoms with van der Waals surface area (Å²) in [7, 11) is 0. The van der Waals surface area contributed by atoms with Crippen molar-refractivity contribution in [2.45, 2.75) is 25.4 Å². The van der Waals surface area contributed by atoms with Crippen LogP contribution in [0.4, 0.5) is 17.5 Å². The van der Waals surface area contributed by atoms with Crippen LogP contribution in [0, 0.1) is 10.1 Å². The van der Waals surface area contributed by atoms with Crippen LogP contribution in [0.2, 0.25) is 0 Å². The molecule has 2 aromatic rings. The number of nitrogens with one attached hydrogen (secondary N) is 2. The summed E-state index contributed by atoms with van der Waals surface area (Å²) in [6.07, 6.45) is 3.21. The van der Waals surface area contributed by atoms with Crippen LogP contribution in [0.3, 0.4) is 0 Å². The van der Waals surface area contributed by atoms with E-state index in [1.807, 2.05) is 12.1 Å². The standard InChI is InChI=1S/C15H14BrN5O4/c16-10-3-8(4-12-13(10)25-7-24-12)5-17-15-18-6-11(21(22)23)14(20-15)19-9-1-2-9/h3-4,6,9H,1-2,5,7H2,(H2,17,18,19,20). The van der Waals surface area contributed by atoms with Crippen LogP contribution in [0.25, 0.3) is 0 Å². The number of hydrogen-bond donors (Lipinski definition) is 2. The number of benzene rings is 1. The molecular weight excluding hydrogens is 394 g/mol. The van der Waals surface area contributed by atoms with Crippen molar-refractivity contribution in [3.63, 3.8) is 0 Å². The molecular formula is C15H14BrN5O4. The van der Waals surface area contributed by atoms with Crippen LogP contribution in [-0.4, -0.2) is 27.7 Å². The third-order valence-corrected chi connectivity index (χ3v) is 4.41. The Morgan fingerprint density at radius 2 is 2.20 bits per heavy atom. The number of fused-ring (bicyclic) bond motifs is 1. The topological polar surface area (TPSA) is 111 Å². The van der Waals surface area contributed by atoms with E-state index in [0.29, 0.717) is 24.0 Å². The summed E-state index contributed by atoms with van der Waals surface area (Å²) in [5, 5.41) is 17.2. The normalized spacial score (nSPS) is 15.1. The van der Waals surface area contributed by atoms with Crippen LogP contribution in [-0.2, 0) is 6.54 Å². The first-order valence-electron chi connectivity index (χ1n) is 7.70. The van der Waals surface area contributed by atoms with Crippen molar-refractivity contribution in [3.05, 3.63) is 38.5 Å². The van der Waals surface area contributed by atoms with E-state index in [1.165, 1.54) is 6.20 Å². The molecule has 2 aliphatic rings. The fourth-order valence-corrected chi connectivity index (χ4v) is 3.03. The van der Waals surface area contributed by atoms with Gasteiger partial charge in [-0.25, -0.2) is 4.98 Å². The number of anilines is 2. The zero-order valence-corrected chi connectivity index (χ0v) is 14.6. The molecule has 0 radical (unpaired) electrons. The summed E-state index contributed by atoms with van der Waals surface area (Å²) in [6.45, 7) is 0.641. The second kappa shape index (κ2) is 6.36. The third-order valence-electron chi connectivity index (χ3n) is 3.82. The first-order chi connectivity index (χ1) is 12.1. The smallest absolute Gasteiger partial charge is 0.329 e. The molecule has 4 rings (SSSR count). The molecule has 2 heterocycles. The molecule has 1 aromatic heterocycles. The first-order valence-corrected chi connectivity index (χ1v) is 8.49. The van der Waals surface area contributed by atoms with E-state index in [-0.39, 0.29) is 24.3 Å². The number of ether oxygens (including phenoxy) is 2. The molecule has 1 fully saturated rings. The Hall–Kier alpha value is -2.62. The summed E-state index contributed by atoms with van der Waals surface area (Å²) < 4.78 is 11.5. The average Bonchev–Trinajstić information content (AvgIpc) is 3.26. The summed E-state index contributed by atoms with van der Waals surface area (Å²) in [4.78, 5) is 18.9. The molecule has 9 nitrogen and oxygen atoms in total. The molecule has 1 aliphatic heterocycles. The molecule has 0 saturated heterocycles. The second-order valence-corrected chi connectivity index (χ2v) is 6.62. The van der Waals surface area contributed by atoms with Gasteiger partial charge in [0.2, 0.25) is 18.6 Å². The maximum absolute atomic E-state index is 11.1. The summed E-state index contributed by atoms with van der Waals surface area (Å²) >= 11 is 3.45. The average molecular weight is 408 g/mol. The van der Waals surface area contributed by atoms with Crippen molar-refractivity contribution in [1.82, 2.24) is 9.97 Å². The van der Waals surface area contributed by atoms with Gasteiger partial charge in [0.25, 0.3) is 0 Å². The third kappa shape index (κ3) is 3.43. The predicted molar refractivity (Wildman–Crippen MR) is 92.9 cm³/mol. The second-order valence-electron chi connectivity index (χ2n) is 5.77. The van der Waals surface area contributed by atoms with Crippen molar-refractivity contribution < 1.29 is 14.4 Å². The maximum Gasteiger partial charge on any atom is 0.329 e. The molecule has 0 amide bonds. The zero-order chi connectivity index (χ0) is 17.4. The molecule has 0 atom stereocenters. The van der Waals surface area contributed by atoms with Gasteiger partial charge in [-0.1, -0.05) is 0 Å². The van der Waals surface area contributed by atoms with E-state index in [0.717, 1.165) is 22.9 Å². The Labute approximate surface area is 151 Å². The van der Waals surface area contributed by atoms with Crippen LogP contribution in [0.5, 0.6) is 11.5 Å². The number of nitro groups is 1. The number of aromatic nitrogens is 2. The number of rotatable bonds is 6. The summed E-state index contributed by atoms with van der Waals surface area (Å²) in [5.74, 6) is 1.93. The van der Waals surface area contributed by atoms with Gasteiger partial charge < -0.3 is 20.1 Å². The highest BCUT2D eigenvalue weighted by molar-refractivity contribution is 9.10. The molecule has 10 heteroatoms. The minimum Gasteiger partial charge on any atom is -0.454 e. The highest BCUT2D eigenvalue weighted by Gasteiger charge is 2.26. The van der Waals surface area contributed by atoms with Gasteiger partial charge in [-0.15, -0.1) is 0 Å². The lowest BCUT2D eigenvalue weighted by molar-refractivity contribution is -0.384. The van der Waals surface area contributed by atoms with E-state index < -0.39 is 4.92 Å². The lowest BCUT2D eigenvalue weighted by Crippen LogP contribution is -2.10. The lowest BCUT2D eigenvalue weighted by Gasteiger charge is -2.09. The van der Waals surface area contributed by atoms with Crippen LogP contribution < -0.4 is 20.1 Å². The van der Waals surface area contributed by atoms with Gasteiger partial charge in [0.15, 0.2) is 11.5 Å². The molecule has 1 aromatic carbocycles. The highest BCUT2D eigenvalue weighted by Crippen LogP contribution is 2.40. The fourth-order valence-electron chi connectivity index (χ4n) is 2.43. The molecule has 0 bridgehead atoms. The molecule has 0 spiro atoms. The Morgan fingerprint density at radius 3 is 2.96 bits per heavy atom. The van der Waals surface area contributed by atoms with E-state index in [1.54, 1.807) is 0 Å². The van der Waals surface area contributed by atoms with Crippen LogP contribution in [0.1, 0.15) is 18.4 Å². The van der Waals surface area contributed by atoms with Gasteiger partial charge in [-0.05, 0) is 46.5 Å². The van der Waals surface area contributed by atoms with Crippen molar-refractivity contribution >= 4 is 33.4 Å². The van der Waals surface area contributed by atoms with E-state index in [9.17, 15) is 10.1 Å². The van der Waals surface area contributed by atoms with Gasteiger partial charge in [-0.2, -0.15) is 4.98 Å². The molecule has 130 valence electrons. The Morgan fingerprint density at radius 1 is 1.36 bits per heavy atom. The van der Waals surface area contributed by atoms with Crippen molar-refractivity contribution in [2.75, 3.05) is 17.4 Å². The summed E-state index contributed by atoms with van der Waals surface area (Å²) in [5.41, 5.74) is 0.818. The minimum absolute atomic E-state index is 0.122. The van der Waals surface area contributed by atoms with Gasteiger partial charge in [0.05, 0.1) is 9.40 Å². The lowest BCUT2D eigenvalue weighted by atomic mass is 10.2. The van der Waals surface area contributed by atoms with E-state index in [2.05, 4.69) is 36.5 Å². The van der Waals surface area contributed by atoms with Gasteiger partial charge in [0, 0.05) is 12.6 Å². The number of hydrogen-bond acceptors (Lipinski definition) is 8. The Kier molecular flexibility index (Phi) is 4.04. The predicted octanol–water partition coefficient (Wildman–Crippen LogP) is 3.06. The maximum atomic E-state index is 11.1. The quantitative estimate of drug-likeness (QED) is 0.554. The fraction of sp³-hybridized carbons (Fsp3) is 0.333. The van der Waals surface area contributed by atoms with Crippen LogP contribution >= 0.6 is 15.9 Å². The number of halogens is 1. The molecule has 25 heavy (non-hydrogen) atoms. The largest absolute Gasteiger partial charge is 0.454 e. The Balaban J connectivity index is 1.51. The monoisotopic (exact) mass is 407 g/mol. The van der Waals surface area contributed by atoms with Gasteiger partial charge in [0.1, 0.15) is 6.20 Å². The van der Waals surface area contributed by atoms with E-state index in [4.69, 9.17) is 9.47 Å². The SMILES string of the molecule is O=[N+]([O-])c1cnc(NCc2cc(Br)c3c(c2)OCO3)nc1NC1CC1. The zero-order valence-electron chi connectivity index (χ0n) is 13.0.